The summed E-state index contributed by atoms with van der Waals surface area (Å²) in [7, 11) is -2.37. The van der Waals surface area contributed by atoms with Gasteiger partial charge in [-0.05, 0) is 6.07 Å². The second kappa shape index (κ2) is 6.56. The number of methoxy groups -OCH3 is 1. The molecule has 0 saturated carbocycles. The van der Waals surface area contributed by atoms with Gasteiger partial charge in [-0.2, -0.15) is 0 Å². The maximum absolute atomic E-state index is 12.1. The summed E-state index contributed by atoms with van der Waals surface area (Å²) in [6.07, 6.45) is 1.63. The summed E-state index contributed by atoms with van der Waals surface area (Å²) in [5.74, 6) is -0.600. The molecule has 0 aromatic carbocycles. The van der Waals surface area contributed by atoms with E-state index in [9.17, 15) is 13.2 Å². The van der Waals surface area contributed by atoms with Gasteiger partial charge in [0.1, 0.15) is 16.7 Å². The average Bonchev–Trinajstić information content (AvgIpc) is 3.03. The van der Waals surface area contributed by atoms with Gasteiger partial charge in [-0.25, -0.2) is 18.4 Å². The van der Waals surface area contributed by atoms with E-state index in [2.05, 4.69) is 0 Å². The van der Waals surface area contributed by atoms with Gasteiger partial charge < -0.3 is 18.8 Å². The number of primary sulfonamides is 1. The Kier molecular flexibility index (Phi) is 4.99. The van der Waals surface area contributed by atoms with Gasteiger partial charge in [0, 0.05) is 26.3 Å². The molecule has 0 bridgehead atoms. The normalized spacial score (nSPS) is 18.9. The van der Waals surface area contributed by atoms with E-state index in [0.29, 0.717) is 32.8 Å². The molecule has 0 aliphatic carbocycles. The number of carbonyl (C=O) groups is 1. The molecular formula is C12H18N2O6S. The third-order valence-electron chi connectivity index (χ3n) is 3.11. The monoisotopic (exact) mass is 318 g/mol. The summed E-state index contributed by atoms with van der Waals surface area (Å²) in [4.78, 5) is 12.0. The van der Waals surface area contributed by atoms with E-state index in [1.165, 1.54) is 23.9 Å². The quantitative estimate of drug-likeness (QED) is 0.723. The van der Waals surface area contributed by atoms with Gasteiger partial charge in [0.2, 0.25) is 10.0 Å². The number of esters is 1. The molecule has 21 heavy (non-hydrogen) atoms. The molecule has 2 heterocycles. The molecule has 1 aliphatic rings. The summed E-state index contributed by atoms with van der Waals surface area (Å²) in [6, 6.07) is 1.21. The van der Waals surface area contributed by atoms with Crippen LogP contribution in [-0.4, -0.2) is 52.0 Å². The Hall–Kier alpha value is -1.42. The van der Waals surface area contributed by atoms with Crippen LogP contribution in [0, 0.1) is 0 Å². The van der Waals surface area contributed by atoms with Crippen molar-refractivity contribution in [3.63, 3.8) is 0 Å². The third kappa shape index (κ3) is 4.03. The number of aromatic nitrogens is 1. The van der Waals surface area contributed by atoms with Gasteiger partial charge in [0.25, 0.3) is 0 Å². The Morgan fingerprint density at radius 3 is 2.90 bits per heavy atom. The molecule has 1 saturated heterocycles. The molecule has 118 valence electrons. The van der Waals surface area contributed by atoms with Crippen molar-refractivity contribution >= 4 is 16.0 Å². The number of hydrogen-bond donors (Lipinski definition) is 1. The van der Waals surface area contributed by atoms with Gasteiger partial charge in [-0.15, -0.1) is 0 Å². The molecule has 9 heteroatoms. The highest BCUT2D eigenvalue weighted by atomic mass is 32.2. The minimum Gasteiger partial charge on any atom is -0.455 e. The zero-order chi connectivity index (χ0) is 15.5. The Bertz CT molecular complexity index is 603. The zero-order valence-electron chi connectivity index (χ0n) is 11.6. The first-order chi connectivity index (χ1) is 9.91. The van der Waals surface area contributed by atoms with Crippen molar-refractivity contribution in [2.75, 3.05) is 26.9 Å². The topological polar surface area (TPSA) is 110 Å². The standard InChI is InChI=1S/C12H18N2O6S/c1-18-5-3-14-7-10(21(13,16)17)6-11(14)12(15)20-9-2-4-19-8-9/h6-7,9H,2-5,8H2,1H3,(H2,13,16,17). The van der Waals surface area contributed by atoms with E-state index in [0.717, 1.165) is 0 Å². The van der Waals surface area contributed by atoms with Gasteiger partial charge >= 0.3 is 5.97 Å². The van der Waals surface area contributed by atoms with Crippen LogP contribution in [0.25, 0.3) is 0 Å². The van der Waals surface area contributed by atoms with Crippen LogP contribution >= 0.6 is 0 Å². The number of hydrogen-bond acceptors (Lipinski definition) is 6. The Balaban J connectivity index is 2.22. The summed E-state index contributed by atoms with van der Waals surface area (Å²) >= 11 is 0. The van der Waals surface area contributed by atoms with E-state index in [1.807, 2.05) is 0 Å². The lowest BCUT2D eigenvalue weighted by atomic mass is 10.3. The van der Waals surface area contributed by atoms with Crippen molar-refractivity contribution in [1.29, 1.82) is 0 Å². The number of rotatable bonds is 6. The molecule has 1 aromatic rings. The smallest absolute Gasteiger partial charge is 0.355 e. The summed E-state index contributed by atoms with van der Waals surface area (Å²) in [6.45, 7) is 1.54. The van der Waals surface area contributed by atoms with Crippen molar-refractivity contribution in [3.05, 3.63) is 18.0 Å². The van der Waals surface area contributed by atoms with Crippen molar-refractivity contribution in [1.82, 2.24) is 4.57 Å². The van der Waals surface area contributed by atoms with E-state index in [-0.39, 0.29) is 16.7 Å². The molecule has 8 nitrogen and oxygen atoms in total. The van der Waals surface area contributed by atoms with Crippen LogP contribution in [0.15, 0.2) is 17.2 Å². The van der Waals surface area contributed by atoms with E-state index in [4.69, 9.17) is 19.3 Å². The fourth-order valence-corrected chi connectivity index (χ4v) is 2.55. The van der Waals surface area contributed by atoms with Crippen molar-refractivity contribution < 1.29 is 27.4 Å². The summed E-state index contributed by atoms with van der Waals surface area (Å²) in [5, 5.41) is 5.09. The molecule has 1 aromatic heterocycles. The largest absolute Gasteiger partial charge is 0.455 e. The molecule has 0 amide bonds. The maximum Gasteiger partial charge on any atom is 0.355 e. The molecule has 1 aliphatic heterocycles. The van der Waals surface area contributed by atoms with E-state index >= 15 is 0 Å². The van der Waals surface area contributed by atoms with Crippen LogP contribution in [-0.2, 0) is 30.8 Å². The fourth-order valence-electron chi connectivity index (χ4n) is 2.00. The average molecular weight is 318 g/mol. The number of sulfonamides is 1. The van der Waals surface area contributed by atoms with E-state index in [1.54, 1.807) is 0 Å². The fraction of sp³-hybridized carbons (Fsp3) is 0.583. The van der Waals surface area contributed by atoms with Crippen LogP contribution in [0.3, 0.4) is 0 Å². The Morgan fingerprint density at radius 1 is 1.57 bits per heavy atom. The van der Waals surface area contributed by atoms with Crippen molar-refractivity contribution in [3.8, 4) is 0 Å². The van der Waals surface area contributed by atoms with Crippen LogP contribution < -0.4 is 5.14 Å². The van der Waals surface area contributed by atoms with Crippen LogP contribution in [0.1, 0.15) is 16.9 Å². The first kappa shape index (κ1) is 16.0. The molecule has 0 spiro atoms. The molecule has 1 atom stereocenters. The minimum atomic E-state index is -3.88. The second-order valence-corrected chi connectivity index (χ2v) is 6.24. The first-order valence-corrected chi connectivity index (χ1v) is 7.97. The molecule has 2 rings (SSSR count). The SMILES string of the molecule is COCCn1cc(S(N)(=O)=O)cc1C(=O)OC1CCOC1. The Morgan fingerprint density at radius 2 is 2.33 bits per heavy atom. The molecule has 2 N–H and O–H groups in total. The minimum absolute atomic E-state index is 0.128. The first-order valence-electron chi connectivity index (χ1n) is 6.42. The van der Waals surface area contributed by atoms with E-state index < -0.39 is 16.0 Å². The highest BCUT2D eigenvalue weighted by Gasteiger charge is 2.25. The lowest BCUT2D eigenvalue weighted by Gasteiger charge is -2.12. The number of nitrogens with two attached hydrogens (primary N) is 1. The lowest BCUT2D eigenvalue weighted by molar-refractivity contribution is 0.0257. The highest BCUT2D eigenvalue weighted by Crippen LogP contribution is 2.17. The van der Waals surface area contributed by atoms with Gasteiger partial charge in [0.15, 0.2) is 0 Å². The lowest BCUT2D eigenvalue weighted by Crippen LogP contribution is -2.21. The Labute approximate surface area is 122 Å². The summed E-state index contributed by atoms with van der Waals surface area (Å²) in [5.41, 5.74) is 0.128. The van der Waals surface area contributed by atoms with Crippen molar-refractivity contribution in [2.45, 2.75) is 24.0 Å². The van der Waals surface area contributed by atoms with Gasteiger partial charge in [0.05, 0.1) is 19.8 Å². The molecule has 1 fully saturated rings. The highest BCUT2D eigenvalue weighted by molar-refractivity contribution is 7.89. The number of nitrogens with zero attached hydrogens (tertiary/aromatic N) is 1. The second-order valence-electron chi connectivity index (χ2n) is 4.68. The zero-order valence-corrected chi connectivity index (χ0v) is 12.5. The molecule has 1 unspecified atom stereocenters. The van der Waals surface area contributed by atoms with Crippen LogP contribution in [0.4, 0.5) is 0 Å². The van der Waals surface area contributed by atoms with Crippen molar-refractivity contribution in [2.24, 2.45) is 5.14 Å². The predicted molar refractivity (Wildman–Crippen MR) is 72.3 cm³/mol. The summed E-state index contributed by atoms with van der Waals surface area (Å²) < 4.78 is 39.6. The van der Waals surface area contributed by atoms with Gasteiger partial charge in [-0.3, -0.25) is 0 Å². The molecular weight excluding hydrogens is 300 g/mol. The third-order valence-corrected chi connectivity index (χ3v) is 3.99. The predicted octanol–water partition coefficient (Wildman–Crippen LogP) is -0.272. The number of ether oxygens (including phenoxy) is 3. The van der Waals surface area contributed by atoms with Crippen LogP contribution in [0.2, 0.25) is 0 Å². The van der Waals surface area contributed by atoms with Crippen LogP contribution in [0.5, 0.6) is 0 Å². The van der Waals surface area contributed by atoms with Gasteiger partial charge in [-0.1, -0.05) is 0 Å². The number of carbonyl (C=O) groups excluding carboxylic acids is 1. The molecule has 0 radical (unpaired) electrons. The maximum atomic E-state index is 12.1.